The van der Waals surface area contributed by atoms with Crippen LogP contribution in [0.25, 0.3) is 10.9 Å². The van der Waals surface area contributed by atoms with E-state index in [2.05, 4.69) is 48.1 Å². The Morgan fingerprint density at radius 3 is 2.24 bits per heavy atom. The molecule has 5 N–H and O–H groups in total. The van der Waals surface area contributed by atoms with Gasteiger partial charge in [-0.1, -0.05) is 13.8 Å². The van der Waals surface area contributed by atoms with E-state index in [0.717, 1.165) is 19.4 Å². The van der Waals surface area contributed by atoms with E-state index >= 15 is 0 Å². The van der Waals surface area contributed by atoms with Crippen LogP contribution in [0.5, 0.6) is 0 Å². The van der Waals surface area contributed by atoms with Crippen molar-refractivity contribution in [3.63, 3.8) is 0 Å². The Labute approximate surface area is 151 Å². The summed E-state index contributed by atoms with van der Waals surface area (Å²) in [5.41, 5.74) is 2.50. The van der Waals surface area contributed by atoms with E-state index in [1.54, 1.807) is 11.8 Å². The van der Waals surface area contributed by atoms with Gasteiger partial charge in [0.15, 0.2) is 0 Å². The lowest BCUT2D eigenvalue weighted by atomic mass is 10.2. The maximum atomic E-state index is 9.55. The fourth-order valence-corrected chi connectivity index (χ4v) is 2.57. The van der Waals surface area contributed by atoms with Crippen molar-refractivity contribution < 1.29 is 19.8 Å². The Balaban J connectivity index is 0.000000552. The fraction of sp³-hybridized carbons (Fsp3) is 0.353. The fourth-order valence-electron chi connectivity index (χ4n) is 2.14. The monoisotopic (exact) mass is 367 g/mol. The number of benzene rings is 1. The Bertz CT molecular complexity index is 725. The number of nitrogens with zero attached hydrogens (tertiary/aromatic N) is 2. The second kappa shape index (κ2) is 11.3. The van der Waals surface area contributed by atoms with Gasteiger partial charge in [0.2, 0.25) is 0 Å². The second-order valence-corrected chi connectivity index (χ2v) is 5.80. The molecule has 0 aliphatic heterocycles. The van der Waals surface area contributed by atoms with Crippen molar-refractivity contribution in [2.75, 3.05) is 6.26 Å². The standard InChI is InChI=1S/C13H18N2S.C4H4O4.H3N/c1-4-8-15-13-9-10(16-3)6-7-11(13)12(5-2)14-15;5-3(6)1-2-4(7)8;/h6-7,9H,4-5,8H2,1-3H3;1-2H,(H,5,6)(H,7,8);1H3. The molecule has 0 saturated carbocycles. The minimum absolute atomic E-state index is 0. The van der Waals surface area contributed by atoms with Gasteiger partial charge in [-0.2, -0.15) is 5.10 Å². The number of carboxylic acid groups (broad SMARTS) is 2. The minimum atomic E-state index is -1.26. The summed E-state index contributed by atoms with van der Waals surface area (Å²) in [6, 6.07) is 6.64. The average Bonchev–Trinajstić information content (AvgIpc) is 2.91. The highest BCUT2D eigenvalue weighted by Crippen LogP contribution is 2.25. The Morgan fingerprint density at radius 2 is 1.80 bits per heavy atom. The SMILES string of the molecule is CCCn1nc(CC)c2ccc(SC)cc21.N.O=C(O)C=CC(=O)O. The van der Waals surface area contributed by atoms with Gasteiger partial charge in [-0.3, -0.25) is 4.68 Å². The number of aliphatic carboxylic acids is 2. The summed E-state index contributed by atoms with van der Waals surface area (Å²) in [7, 11) is 0. The van der Waals surface area contributed by atoms with E-state index in [1.807, 2.05) is 0 Å². The molecule has 25 heavy (non-hydrogen) atoms. The van der Waals surface area contributed by atoms with Gasteiger partial charge in [0.25, 0.3) is 0 Å². The molecule has 0 atom stereocenters. The van der Waals surface area contributed by atoms with Crippen LogP contribution in [0.2, 0.25) is 0 Å². The van der Waals surface area contributed by atoms with E-state index < -0.39 is 11.9 Å². The highest BCUT2D eigenvalue weighted by molar-refractivity contribution is 7.98. The van der Waals surface area contributed by atoms with Crippen molar-refractivity contribution in [3.8, 4) is 0 Å². The zero-order valence-corrected chi connectivity index (χ0v) is 15.5. The molecular weight excluding hydrogens is 342 g/mol. The molecule has 0 aliphatic rings. The van der Waals surface area contributed by atoms with Crippen LogP contribution in [0.1, 0.15) is 26.0 Å². The predicted molar refractivity (Wildman–Crippen MR) is 101 cm³/mol. The van der Waals surface area contributed by atoms with Crippen molar-refractivity contribution in [1.29, 1.82) is 0 Å². The van der Waals surface area contributed by atoms with Crippen molar-refractivity contribution in [3.05, 3.63) is 36.0 Å². The third kappa shape index (κ3) is 6.98. The van der Waals surface area contributed by atoms with E-state index in [-0.39, 0.29) is 6.15 Å². The van der Waals surface area contributed by atoms with Crippen LogP contribution in [0, 0.1) is 0 Å². The Morgan fingerprint density at radius 1 is 1.20 bits per heavy atom. The highest BCUT2D eigenvalue weighted by Gasteiger charge is 2.08. The summed E-state index contributed by atoms with van der Waals surface area (Å²) in [6.45, 7) is 5.37. The number of fused-ring (bicyclic) bond motifs is 1. The first kappa shape index (κ1) is 22.7. The Hall–Kier alpha value is -2.32. The molecule has 2 aromatic rings. The number of carbonyl (C=O) groups is 2. The lowest BCUT2D eigenvalue weighted by Gasteiger charge is -2.01. The van der Waals surface area contributed by atoms with Gasteiger partial charge >= 0.3 is 11.9 Å². The van der Waals surface area contributed by atoms with Crippen LogP contribution in [0.15, 0.2) is 35.2 Å². The maximum absolute atomic E-state index is 9.55. The van der Waals surface area contributed by atoms with Gasteiger partial charge in [-0.15, -0.1) is 11.8 Å². The number of hydrogen-bond acceptors (Lipinski definition) is 5. The first-order valence-electron chi connectivity index (χ1n) is 7.60. The number of rotatable bonds is 6. The number of carboxylic acids is 2. The lowest BCUT2D eigenvalue weighted by molar-refractivity contribution is -0.134. The number of aryl methyl sites for hydroxylation is 2. The maximum Gasteiger partial charge on any atom is 0.328 e. The molecule has 138 valence electrons. The van der Waals surface area contributed by atoms with Crippen molar-refractivity contribution >= 4 is 34.6 Å². The lowest BCUT2D eigenvalue weighted by Crippen LogP contribution is -1.99. The van der Waals surface area contributed by atoms with Gasteiger partial charge in [0, 0.05) is 29.0 Å². The summed E-state index contributed by atoms with van der Waals surface area (Å²) in [5.74, 6) is -2.51. The smallest absolute Gasteiger partial charge is 0.328 e. The molecule has 0 aliphatic carbocycles. The molecule has 0 bridgehead atoms. The molecule has 0 amide bonds. The summed E-state index contributed by atoms with van der Waals surface area (Å²) in [4.78, 5) is 20.4. The third-order valence-corrected chi connectivity index (χ3v) is 3.90. The zero-order chi connectivity index (χ0) is 18.1. The molecular formula is C17H25N3O4S. The van der Waals surface area contributed by atoms with Crippen molar-refractivity contribution in [1.82, 2.24) is 15.9 Å². The predicted octanol–water partition coefficient (Wildman–Crippen LogP) is 3.60. The second-order valence-electron chi connectivity index (χ2n) is 4.92. The van der Waals surface area contributed by atoms with Crippen LogP contribution in [0.3, 0.4) is 0 Å². The largest absolute Gasteiger partial charge is 0.478 e. The molecule has 1 heterocycles. The van der Waals surface area contributed by atoms with Gasteiger partial charge < -0.3 is 16.4 Å². The number of thioether (sulfide) groups is 1. The van der Waals surface area contributed by atoms with Crippen molar-refractivity contribution in [2.45, 2.75) is 38.1 Å². The minimum Gasteiger partial charge on any atom is -0.478 e. The quantitative estimate of drug-likeness (QED) is 0.525. The normalized spacial score (nSPS) is 10.2. The topological polar surface area (TPSA) is 127 Å². The average molecular weight is 367 g/mol. The molecule has 7 nitrogen and oxygen atoms in total. The third-order valence-electron chi connectivity index (χ3n) is 3.17. The summed E-state index contributed by atoms with van der Waals surface area (Å²) in [6.07, 6.45) is 5.36. The van der Waals surface area contributed by atoms with E-state index in [9.17, 15) is 9.59 Å². The van der Waals surface area contributed by atoms with E-state index in [4.69, 9.17) is 10.2 Å². The Kier molecular flexibility index (Phi) is 10.2. The van der Waals surface area contributed by atoms with Crippen LogP contribution < -0.4 is 6.15 Å². The van der Waals surface area contributed by atoms with Crippen molar-refractivity contribution in [2.24, 2.45) is 0 Å². The van der Waals surface area contributed by atoms with Gasteiger partial charge in [0.1, 0.15) is 0 Å². The molecule has 0 fully saturated rings. The molecule has 0 unspecified atom stereocenters. The molecule has 2 rings (SSSR count). The molecule has 8 heteroatoms. The zero-order valence-electron chi connectivity index (χ0n) is 14.7. The summed E-state index contributed by atoms with van der Waals surface area (Å²) in [5, 5.41) is 21.6. The first-order chi connectivity index (χ1) is 11.4. The highest BCUT2D eigenvalue weighted by atomic mass is 32.2. The van der Waals surface area contributed by atoms with Crippen LogP contribution in [0.4, 0.5) is 0 Å². The van der Waals surface area contributed by atoms with Crippen LogP contribution in [-0.2, 0) is 22.6 Å². The van der Waals surface area contributed by atoms with Gasteiger partial charge in [0.05, 0.1) is 11.2 Å². The summed E-state index contributed by atoms with van der Waals surface area (Å²) < 4.78 is 2.15. The van der Waals surface area contributed by atoms with Crippen LogP contribution >= 0.6 is 11.8 Å². The number of aromatic nitrogens is 2. The van der Waals surface area contributed by atoms with E-state index in [0.29, 0.717) is 12.2 Å². The number of hydrogen-bond donors (Lipinski definition) is 3. The van der Waals surface area contributed by atoms with Gasteiger partial charge in [-0.05, 0) is 37.3 Å². The summed E-state index contributed by atoms with van der Waals surface area (Å²) >= 11 is 1.79. The molecule has 0 spiro atoms. The van der Waals surface area contributed by atoms with Gasteiger partial charge in [-0.25, -0.2) is 9.59 Å². The molecule has 0 radical (unpaired) electrons. The van der Waals surface area contributed by atoms with Crippen LogP contribution in [-0.4, -0.2) is 38.2 Å². The molecule has 1 aromatic heterocycles. The molecule has 0 saturated heterocycles. The molecule has 1 aromatic carbocycles. The first-order valence-corrected chi connectivity index (χ1v) is 8.82. The van der Waals surface area contributed by atoms with E-state index in [1.165, 1.54) is 21.5 Å².